The van der Waals surface area contributed by atoms with E-state index >= 15 is 0 Å². The summed E-state index contributed by atoms with van der Waals surface area (Å²) in [5, 5.41) is 4.81. The van der Waals surface area contributed by atoms with E-state index in [0.29, 0.717) is 6.04 Å². The van der Waals surface area contributed by atoms with Gasteiger partial charge in [0.15, 0.2) is 0 Å². The van der Waals surface area contributed by atoms with E-state index in [-0.39, 0.29) is 0 Å². The minimum absolute atomic E-state index is 0.622. The molecule has 1 N–H and O–H groups in total. The standard InChI is InChI=1S/C16H21N3/c1-12-10-16(14-7-3-4-8-15(14)18-12)19(2)11-13-6-5-9-17-13/h3-4,7-8,10,13,17H,5-6,9,11H2,1-2H3. The van der Waals surface area contributed by atoms with Crippen LogP contribution < -0.4 is 10.2 Å². The summed E-state index contributed by atoms with van der Waals surface area (Å²) in [6, 6.07) is 11.2. The molecule has 0 spiro atoms. The van der Waals surface area contributed by atoms with Gasteiger partial charge in [0.1, 0.15) is 0 Å². The van der Waals surface area contributed by atoms with Gasteiger partial charge >= 0.3 is 0 Å². The predicted octanol–water partition coefficient (Wildman–Crippen LogP) is 2.73. The molecule has 1 aliphatic rings. The van der Waals surface area contributed by atoms with E-state index in [1.165, 1.54) is 23.9 Å². The molecule has 2 aromatic rings. The Morgan fingerprint density at radius 2 is 2.21 bits per heavy atom. The number of hydrogen-bond donors (Lipinski definition) is 1. The second-order valence-corrected chi connectivity index (χ2v) is 5.47. The second kappa shape index (κ2) is 5.17. The Morgan fingerprint density at radius 3 is 3.00 bits per heavy atom. The average molecular weight is 255 g/mol. The zero-order valence-corrected chi connectivity index (χ0v) is 11.7. The van der Waals surface area contributed by atoms with Crippen LogP contribution in [0.15, 0.2) is 30.3 Å². The topological polar surface area (TPSA) is 28.2 Å². The van der Waals surface area contributed by atoms with Gasteiger partial charge in [-0.1, -0.05) is 18.2 Å². The lowest BCUT2D eigenvalue weighted by Gasteiger charge is -2.25. The molecule has 1 saturated heterocycles. The minimum atomic E-state index is 0.622. The van der Waals surface area contributed by atoms with E-state index in [1.54, 1.807) is 0 Å². The number of likely N-dealkylation sites (N-methyl/N-ethyl adjacent to an activating group) is 1. The third kappa shape index (κ3) is 2.56. The first-order valence-corrected chi connectivity index (χ1v) is 7.05. The summed E-state index contributed by atoms with van der Waals surface area (Å²) in [4.78, 5) is 6.97. The largest absolute Gasteiger partial charge is 0.372 e. The lowest BCUT2D eigenvalue weighted by molar-refractivity contribution is 0.600. The third-order valence-corrected chi connectivity index (χ3v) is 3.89. The van der Waals surface area contributed by atoms with Gasteiger partial charge in [-0.2, -0.15) is 0 Å². The van der Waals surface area contributed by atoms with E-state index in [0.717, 1.165) is 24.3 Å². The summed E-state index contributed by atoms with van der Waals surface area (Å²) in [6.07, 6.45) is 2.58. The number of nitrogens with zero attached hydrogens (tertiary/aromatic N) is 2. The summed E-state index contributed by atoms with van der Waals surface area (Å²) >= 11 is 0. The molecular weight excluding hydrogens is 234 g/mol. The first-order valence-electron chi connectivity index (χ1n) is 7.05. The van der Waals surface area contributed by atoms with Crippen molar-refractivity contribution in [1.29, 1.82) is 0 Å². The van der Waals surface area contributed by atoms with Crippen LogP contribution in [-0.4, -0.2) is 31.2 Å². The van der Waals surface area contributed by atoms with Gasteiger partial charge in [-0.05, 0) is 38.4 Å². The Labute approximate surface area is 114 Å². The molecule has 2 heterocycles. The zero-order valence-electron chi connectivity index (χ0n) is 11.7. The predicted molar refractivity (Wildman–Crippen MR) is 80.8 cm³/mol. The van der Waals surface area contributed by atoms with Crippen molar-refractivity contribution in [2.24, 2.45) is 0 Å². The lowest BCUT2D eigenvalue weighted by atomic mass is 10.1. The molecule has 1 aliphatic heterocycles. The average Bonchev–Trinajstić information content (AvgIpc) is 2.90. The second-order valence-electron chi connectivity index (χ2n) is 5.47. The van der Waals surface area contributed by atoms with Crippen LogP contribution in [0.2, 0.25) is 0 Å². The van der Waals surface area contributed by atoms with Gasteiger partial charge in [-0.15, -0.1) is 0 Å². The van der Waals surface area contributed by atoms with Gasteiger partial charge in [-0.3, -0.25) is 4.98 Å². The third-order valence-electron chi connectivity index (χ3n) is 3.89. The smallest absolute Gasteiger partial charge is 0.0726 e. The van der Waals surface area contributed by atoms with Crippen LogP contribution in [-0.2, 0) is 0 Å². The first kappa shape index (κ1) is 12.4. The highest BCUT2D eigenvalue weighted by atomic mass is 15.1. The fraction of sp³-hybridized carbons (Fsp3) is 0.438. The van der Waals surface area contributed by atoms with Crippen LogP contribution >= 0.6 is 0 Å². The molecule has 1 unspecified atom stereocenters. The molecular formula is C16H21N3. The lowest BCUT2D eigenvalue weighted by Crippen LogP contribution is -2.35. The number of benzene rings is 1. The minimum Gasteiger partial charge on any atom is -0.372 e. The van der Waals surface area contributed by atoms with E-state index in [1.807, 2.05) is 0 Å². The number of rotatable bonds is 3. The number of fused-ring (bicyclic) bond motifs is 1. The maximum atomic E-state index is 4.61. The van der Waals surface area contributed by atoms with Crippen molar-refractivity contribution in [1.82, 2.24) is 10.3 Å². The quantitative estimate of drug-likeness (QED) is 0.914. The van der Waals surface area contributed by atoms with Crippen LogP contribution in [0.1, 0.15) is 18.5 Å². The van der Waals surface area contributed by atoms with E-state index in [2.05, 4.69) is 59.5 Å². The summed E-state index contributed by atoms with van der Waals surface area (Å²) in [5.74, 6) is 0. The molecule has 19 heavy (non-hydrogen) atoms. The molecule has 1 atom stereocenters. The maximum Gasteiger partial charge on any atom is 0.0726 e. The van der Waals surface area contributed by atoms with Crippen LogP contribution in [0.5, 0.6) is 0 Å². The Kier molecular flexibility index (Phi) is 3.38. The van der Waals surface area contributed by atoms with Crippen molar-refractivity contribution in [2.75, 3.05) is 25.0 Å². The molecule has 0 aliphatic carbocycles. The fourth-order valence-electron chi connectivity index (χ4n) is 2.94. The van der Waals surface area contributed by atoms with Gasteiger partial charge in [-0.25, -0.2) is 0 Å². The molecule has 0 amide bonds. The highest BCUT2D eigenvalue weighted by Gasteiger charge is 2.17. The highest BCUT2D eigenvalue weighted by molar-refractivity contribution is 5.91. The Hall–Kier alpha value is -1.61. The first-order chi connectivity index (χ1) is 9.24. The molecule has 0 saturated carbocycles. The number of nitrogens with one attached hydrogen (secondary N) is 1. The molecule has 100 valence electrons. The van der Waals surface area contributed by atoms with E-state index in [4.69, 9.17) is 0 Å². The van der Waals surface area contributed by atoms with E-state index in [9.17, 15) is 0 Å². The molecule has 1 fully saturated rings. The number of aryl methyl sites for hydroxylation is 1. The van der Waals surface area contributed by atoms with Crippen LogP contribution in [0.3, 0.4) is 0 Å². The number of anilines is 1. The summed E-state index contributed by atoms with van der Waals surface area (Å²) < 4.78 is 0. The number of pyridine rings is 1. The zero-order chi connectivity index (χ0) is 13.2. The molecule has 1 aromatic carbocycles. The van der Waals surface area contributed by atoms with Crippen molar-refractivity contribution in [2.45, 2.75) is 25.8 Å². The van der Waals surface area contributed by atoms with Crippen LogP contribution in [0.25, 0.3) is 10.9 Å². The number of aromatic nitrogens is 1. The summed E-state index contributed by atoms with van der Waals surface area (Å²) in [7, 11) is 2.18. The fourth-order valence-corrected chi connectivity index (χ4v) is 2.94. The SMILES string of the molecule is Cc1cc(N(C)CC2CCCN2)c2ccccc2n1. The van der Waals surface area contributed by atoms with Crippen molar-refractivity contribution in [3.05, 3.63) is 36.0 Å². The van der Waals surface area contributed by atoms with Gasteiger partial charge < -0.3 is 10.2 Å². The van der Waals surface area contributed by atoms with Crippen molar-refractivity contribution >= 4 is 16.6 Å². The molecule has 0 bridgehead atoms. The highest BCUT2D eigenvalue weighted by Crippen LogP contribution is 2.26. The maximum absolute atomic E-state index is 4.61. The molecule has 3 nitrogen and oxygen atoms in total. The Balaban J connectivity index is 1.94. The molecule has 1 aromatic heterocycles. The van der Waals surface area contributed by atoms with E-state index < -0.39 is 0 Å². The van der Waals surface area contributed by atoms with Crippen molar-refractivity contribution in [3.8, 4) is 0 Å². The Bertz CT molecular complexity index is 573. The van der Waals surface area contributed by atoms with Crippen LogP contribution in [0.4, 0.5) is 5.69 Å². The van der Waals surface area contributed by atoms with Gasteiger partial charge in [0.2, 0.25) is 0 Å². The van der Waals surface area contributed by atoms with Crippen molar-refractivity contribution in [3.63, 3.8) is 0 Å². The normalized spacial score (nSPS) is 18.9. The molecule has 0 radical (unpaired) electrons. The monoisotopic (exact) mass is 255 g/mol. The van der Waals surface area contributed by atoms with Crippen molar-refractivity contribution < 1.29 is 0 Å². The van der Waals surface area contributed by atoms with Gasteiger partial charge in [0.05, 0.1) is 5.52 Å². The van der Waals surface area contributed by atoms with Gasteiger partial charge in [0.25, 0.3) is 0 Å². The molecule has 3 rings (SSSR count). The molecule has 3 heteroatoms. The summed E-state index contributed by atoms with van der Waals surface area (Å²) in [5.41, 5.74) is 3.46. The number of hydrogen-bond acceptors (Lipinski definition) is 3. The number of para-hydroxylation sites is 1. The van der Waals surface area contributed by atoms with Gasteiger partial charge in [0, 0.05) is 36.4 Å². The summed E-state index contributed by atoms with van der Waals surface area (Å²) in [6.45, 7) is 4.29. The Morgan fingerprint density at radius 1 is 1.37 bits per heavy atom. The van der Waals surface area contributed by atoms with Crippen LogP contribution in [0, 0.1) is 6.92 Å².